The summed E-state index contributed by atoms with van der Waals surface area (Å²) in [5.41, 5.74) is 0. The molecule has 0 unspecified atom stereocenters. The maximum absolute atomic E-state index is 10.7. The highest BCUT2D eigenvalue weighted by molar-refractivity contribution is 7.86. The van der Waals surface area contributed by atoms with Crippen LogP contribution >= 0.6 is 0 Å². The average Bonchev–Trinajstić information content (AvgIpc) is 2.46. The van der Waals surface area contributed by atoms with E-state index in [1.54, 1.807) is 0 Å². The van der Waals surface area contributed by atoms with Crippen LogP contribution < -0.4 is 0 Å². The second-order valence-electron chi connectivity index (χ2n) is 4.73. The molecule has 1 rings (SSSR count). The van der Waals surface area contributed by atoms with E-state index in [0.29, 0.717) is 12.9 Å². The zero-order chi connectivity index (χ0) is 14.4. The van der Waals surface area contributed by atoms with Crippen molar-refractivity contribution in [2.24, 2.45) is 0 Å². The first-order valence-electron chi connectivity index (χ1n) is 5.50. The lowest BCUT2D eigenvalue weighted by Gasteiger charge is -2.28. The fourth-order valence-electron chi connectivity index (χ4n) is 1.73. The van der Waals surface area contributed by atoms with Crippen LogP contribution in [0.1, 0.15) is 12.8 Å². The van der Waals surface area contributed by atoms with E-state index in [1.165, 1.54) is 12.8 Å². The van der Waals surface area contributed by atoms with Gasteiger partial charge in [-0.1, -0.05) is 0 Å². The molecule has 0 spiro atoms. The molecule has 0 aromatic carbocycles. The zero-order valence-corrected chi connectivity index (χ0v) is 12.6. The second kappa shape index (κ2) is 6.80. The Labute approximate surface area is 109 Å². The molecule has 1 heterocycles. The molecule has 0 atom stereocenters. The molecule has 18 heavy (non-hydrogen) atoms. The van der Waals surface area contributed by atoms with E-state index in [1.807, 2.05) is 0 Å². The molecule has 1 aliphatic rings. The Bertz CT molecular complexity index is 428. The van der Waals surface area contributed by atoms with Crippen molar-refractivity contribution < 1.29 is 30.1 Å². The van der Waals surface area contributed by atoms with E-state index < -0.39 is 20.2 Å². The molecule has 1 saturated heterocycles. The minimum absolute atomic E-state index is 0.315. The third-order valence-corrected chi connectivity index (χ3v) is 3.17. The molecule has 0 aliphatic carbocycles. The summed E-state index contributed by atoms with van der Waals surface area (Å²) in [5.74, 6) is 0. The number of rotatable bonds is 4. The fraction of sp³-hybridized carbons (Fsp3) is 1.00. The fourth-order valence-corrected chi connectivity index (χ4v) is 2.11. The highest BCUT2D eigenvalue weighted by atomic mass is 32.2. The number of likely N-dealkylation sites (tertiary alicyclic amines) is 1. The number of hydrogen-bond donors (Lipinski definition) is 0. The lowest BCUT2D eigenvalue weighted by atomic mass is 10.4. The van der Waals surface area contributed by atoms with Gasteiger partial charge < -0.3 is 9.04 Å². The van der Waals surface area contributed by atoms with Crippen molar-refractivity contribution in [3.05, 3.63) is 0 Å². The van der Waals surface area contributed by atoms with E-state index in [-0.39, 0.29) is 0 Å². The van der Waals surface area contributed by atoms with Gasteiger partial charge in [0.1, 0.15) is 13.2 Å². The quantitative estimate of drug-likeness (QED) is 0.389. The molecule has 0 aromatic rings. The van der Waals surface area contributed by atoms with Crippen molar-refractivity contribution >= 4 is 20.2 Å². The monoisotopic (exact) mass is 303 g/mol. The largest absolute Gasteiger partial charge is 0.748 e. The Balaban J connectivity index is 0.000000494. The maximum Gasteiger partial charge on any atom is 0.264 e. The molecule has 1 aliphatic heterocycles. The Morgan fingerprint density at radius 2 is 1.50 bits per heavy atom. The van der Waals surface area contributed by atoms with Crippen LogP contribution in [0.3, 0.4) is 0 Å². The molecule has 110 valence electrons. The molecule has 0 amide bonds. The van der Waals surface area contributed by atoms with E-state index in [0.717, 1.165) is 30.4 Å². The zero-order valence-electron chi connectivity index (χ0n) is 11.0. The second-order valence-corrected chi connectivity index (χ2v) is 7.78. The third-order valence-electron chi connectivity index (χ3n) is 2.57. The summed E-state index contributed by atoms with van der Waals surface area (Å²) in [4.78, 5) is 0. The standard InChI is InChI=1S/C8H18NO3S.CH4O3S/c1-9(5-3-4-6-9)7-8-12-13(2,10)11;1-5(2,3)4/h3-8H2,1-2H3;1H3,(H,2,3,4)/q+1;/p-1. The highest BCUT2D eigenvalue weighted by Crippen LogP contribution is 2.15. The number of hydrogen-bond acceptors (Lipinski definition) is 6. The van der Waals surface area contributed by atoms with Crippen LogP contribution in [0, 0.1) is 0 Å². The summed E-state index contributed by atoms with van der Waals surface area (Å²) in [6.45, 7) is 3.41. The van der Waals surface area contributed by atoms with E-state index in [9.17, 15) is 8.42 Å². The van der Waals surface area contributed by atoms with Gasteiger partial charge in [0.2, 0.25) is 0 Å². The predicted molar refractivity (Wildman–Crippen MR) is 66.4 cm³/mol. The topological polar surface area (TPSA) is 101 Å². The van der Waals surface area contributed by atoms with Crippen molar-refractivity contribution in [3.63, 3.8) is 0 Å². The molecule has 1 fully saturated rings. The van der Waals surface area contributed by atoms with Crippen LogP contribution in [0.2, 0.25) is 0 Å². The smallest absolute Gasteiger partial charge is 0.264 e. The number of nitrogens with zero attached hydrogens (tertiary/aromatic N) is 1. The van der Waals surface area contributed by atoms with Gasteiger partial charge >= 0.3 is 0 Å². The lowest BCUT2D eigenvalue weighted by Crippen LogP contribution is -2.43. The number of quaternary nitrogens is 1. The Kier molecular flexibility index (Phi) is 6.72. The minimum Gasteiger partial charge on any atom is -0.748 e. The normalized spacial score (nSPS) is 19.1. The van der Waals surface area contributed by atoms with Gasteiger partial charge in [0.25, 0.3) is 10.1 Å². The highest BCUT2D eigenvalue weighted by Gasteiger charge is 2.26. The van der Waals surface area contributed by atoms with Crippen LogP contribution in [0.4, 0.5) is 0 Å². The van der Waals surface area contributed by atoms with Gasteiger partial charge in [0.05, 0.1) is 36.5 Å². The first-order valence-corrected chi connectivity index (χ1v) is 9.13. The van der Waals surface area contributed by atoms with Crippen molar-refractivity contribution in [1.82, 2.24) is 0 Å². The van der Waals surface area contributed by atoms with Crippen molar-refractivity contribution in [3.8, 4) is 0 Å². The summed E-state index contributed by atoms with van der Waals surface area (Å²) in [6.07, 6.45) is 4.19. The molecule has 0 bridgehead atoms. The Morgan fingerprint density at radius 1 is 1.11 bits per heavy atom. The Morgan fingerprint density at radius 3 is 1.83 bits per heavy atom. The van der Waals surface area contributed by atoms with Crippen LogP contribution in [-0.4, -0.2) is 71.7 Å². The predicted octanol–water partition coefficient (Wildman–Crippen LogP) is -0.636. The molecular formula is C9H21NO6S2. The maximum atomic E-state index is 10.7. The summed E-state index contributed by atoms with van der Waals surface area (Å²) < 4.78 is 54.3. The first kappa shape index (κ1) is 17.8. The molecule has 0 saturated carbocycles. The van der Waals surface area contributed by atoms with Crippen LogP contribution in [0.5, 0.6) is 0 Å². The van der Waals surface area contributed by atoms with E-state index in [2.05, 4.69) is 7.05 Å². The molecule has 9 heteroatoms. The molecule has 0 N–H and O–H groups in total. The van der Waals surface area contributed by atoms with Gasteiger partial charge in [-0.15, -0.1) is 0 Å². The van der Waals surface area contributed by atoms with Gasteiger partial charge in [-0.05, 0) is 0 Å². The summed E-state index contributed by atoms with van der Waals surface area (Å²) in [5, 5.41) is 0. The van der Waals surface area contributed by atoms with Gasteiger partial charge in [-0.3, -0.25) is 4.18 Å². The van der Waals surface area contributed by atoms with Crippen LogP contribution in [0.15, 0.2) is 0 Å². The average molecular weight is 303 g/mol. The number of likely N-dealkylation sites (N-methyl/N-ethyl adjacent to an activating group) is 1. The Hall–Kier alpha value is -0.220. The first-order chi connectivity index (χ1) is 7.91. The lowest BCUT2D eigenvalue weighted by molar-refractivity contribution is -0.897. The van der Waals surface area contributed by atoms with Gasteiger partial charge in [0, 0.05) is 19.1 Å². The van der Waals surface area contributed by atoms with Crippen LogP contribution in [-0.2, 0) is 24.4 Å². The van der Waals surface area contributed by atoms with E-state index >= 15 is 0 Å². The van der Waals surface area contributed by atoms with Gasteiger partial charge in [0.15, 0.2) is 0 Å². The SMILES string of the molecule is CS(=O)(=O)[O-].C[N+]1(CCOS(C)(=O)=O)CCCC1. The van der Waals surface area contributed by atoms with Crippen LogP contribution in [0.25, 0.3) is 0 Å². The van der Waals surface area contributed by atoms with Crippen molar-refractivity contribution in [2.45, 2.75) is 12.8 Å². The van der Waals surface area contributed by atoms with Crippen molar-refractivity contribution in [2.75, 3.05) is 45.8 Å². The third kappa shape index (κ3) is 12.2. The molecule has 0 radical (unpaired) electrons. The van der Waals surface area contributed by atoms with E-state index in [4.69, 9.17) is 17.2 Å². The van der Waals surface area contributed by atoms with Gasteiger partial charge in [-0.2, -0.15) is 8.42 Å². The summed E-state index contributed by atoms with van der Waals surface area (Å²) in [6, 6.07) is 0. The summed E-state index contributed by atoms with van der Waals surface area (Å²) in [7, 11) is -5.02. The molecular weight excluding hydrogens is 282 g/mol. The minimum atomic E-state index is -3.92. The molecule has 0 aromatic heterocycles. The van der Waals surface area contributed by atoms with Crippen molar-refractivity contribution in [1.29, 1.82) is 0 Å². The van der Waals surface area contributed by atoms with Gasteiger partial charge in [-0.25, -0.2) is 8.42 Å². The molecule has 7 nitrogen and oxygen atoms in total. The summed E-state index contributed by atoms with van der Waals surface area (Å²) >= 11 is 0.